The van der Waals surface area contributed by atoms with Gasteiger partial charge in [-0.15, -0.1) is 0 Å². The molecule has 3 aromatic carbocycles. The fourth-order valence-electron chi connectivity index (χ4n) is 6.06. The SMILES string of the molecule is C=C(C(=O)OCCCc1cc(-c2c(F)cc(-c3ccc(CCCCCCC)cc3)cc2F)ccc1OCC(COC(=O)C(=C)C(F)(F)F)(COC(=O)C(C)=O)COC(=O)C(C)=O)C(F)(F)F. The van der Waals surface area contributed by atoms with Crippen LogP contribution < -0.4 is 4.74 Å². The average molecular weight is 941 g/mol. The summed E-state index contributed by atoms with van der Waals surface area (Å²) in [7, 11) is 0. The minimum absolute atomic E-state index is 0.0316. The summed E-state index contributed by atoms with van der Waals surface area (Å²) in [4.78, 5) is 72.2. The number of halogens is 8. The second kappa shape index (κ2) is 24.2. The van der Waals surface area contributed by atoms with Gasteiger partial charge in [-0.1, -0.05) is 76.1 Å². The van der Waals surface area contributed by atoms with Crippen molar-refractivity contribution >= 4 is 35.4 Å². The third-order valence-corrected chi connectivity index (χ3v) is 9.89. The minimum atomic E-state index is -5.26. The van der Waals surface area contributed by atoms with Gasteiger partial charge in [0, 0.05) is 13.8 Å². The molecule has 3 aromatic rings. The van der Waals surface area contributed by atoms with Crippen LogP contribution in [-0.4, -0.2) is 80.8 Å². The predicted molar refractivity (Wildman–Crippen MR) is 222 cm³/mol. The fourth-order valence-corrected chi connectivity index (χ4v) is 6.06. The summed E-state index contributed by atoms with van der Waals surface area (Å²) >= 11 is 0. The maximum Gasteiger partial charge on any atom is 0.422 e. The molecule has 66 heavy (non-hydrogen) atoms. The molecule has 0 bridgehead atoms. The number of hydrogen-bond acceptors (Lipinski definition) is 11. The third-order valence-electron chi connectivity index (χ3n) is 9.89. The predicted octanol–water partition coefficient (Wildman–Crippen LogP) is 9.70. The number of ether oxygens (including phenoxy) is 5. The Morgan fingerprint density at radius 2 is 1.03 bits per heavy atom. The van der Waals surface area contributed by atoms with E-state index in [9.17, 15) is 55.1 Å². The first-order valence-corrected chi connectivity index (χ1v) is 20.5. The number of Topliss-reactive ketones (excluding diaryl/α,β-unsaturated/α-hetero) is 2. The van der Waals surface area contributed by atoms with Crippen molar-refractivity contribution in [3.05, 3.63) is 102 Å². The lowest BCUT2D eigenvalue weighted by Crippen LogP contribution is -2.45. The van der Waals surface area contributed by atoms with Gasteiger partial charge in [0.25, 0.3) is 0 Å². The first kappa shape index (κ1) is 53.9. The van der Waals surface area contributed by atoms with Crippen LogP contribution in [0.15, 0.2) is 78.9 Å². The molecule has 0 aliphatic rings. The van der Waals surface area contributed by atoms with Crippen LogP contribution in [0.25, 0.3) is 22.3 Å². The van der Waals surface area contributed by atoms with Crippen molar-refractivity contribution in [3.63, 3.8) is 0 Å². The van der Waals surface area contributed by atoms with Gasteiger partial charge in [0.05, 0.1) is 12.2 Å². The van der Waals surface area contributed by atoms with Gasteiger partial charge in [0.2, 0.25) is 11.6 Å². The lowest BCUT2D eigenvalue weighted by molar-refractivity contribution is -0.170. The molecule has 0 spiro atoms. The molecule has 0 fully saturated rings. The summed E-state index contributed by atoms with van der Waals surface area (Å²) in [5.74, 6) is -11.3. The first-order chi connectivity index (χ1) is 30.9. The van der Waals surface area contributed by atoms with Gasteiger partial charge in [0.15, 0.2) is 0 Å². The molecule has 19 heteroatoms. The number of aryl methyl sites for hydroxylation is 2. The monoisotopic (exact) mass is 940 g/mol. The molecule has 0 saturated carbocycles. The smallest absolute Gasteiger partial charge is 0.422 e. The number of benzene rings is 3. The Balaban J connectivity index is 2.05. The second-order valence-electron chi connectivity index (χ2n) is 15.3. The van der Waals surface area contributed by atoms with Gasteiger partial charge >= 0.3 is 36.2 Å². The molecule has 0 radical (unpaired) electrons. The first-order valence-electron chi connectivity index (χ1n) is 20.5. The summed E-state index contributed by atoms with van der Waals surface area (Å²) in [5, 5.41) is 0. The van der Waals surface area contributed by atoms with Crippen molar-refractivity contribution in [2.24, 2.45) is 5.41 Å². The molecule has 0 saturated heterocycles. The van der Waals surface area contributed by atoms with E-state index in [1.165, 1.54) is 18.2 Å². The van der Waals surface area contributed by atoms with Crippen molar-refractivity contribution in [1.82, 2.24) is 0 Å². The highest BCUT2D eigenvalue weighted by Crippen LogP contribution is 2.36. The lowest BCUT2D eigenvalue weighted by Gasteiger charge is -2.32. The van der Waals surface area contributed by atoms with E-state index in [1.54, 1.807) is 12.1 Å². The van der Waals surface area contributed by atoms with E-state index >= 15 is 8.78 Å². The number of rotatable bonds is 25. The Labute approximate surface area is 375 Å². The van der Waals surface area contributed by atoms with Gasteiger partial charge in [0.1, 0.15) is 60.4 Å². The maximum absolute atomic E-state index is 16.0. The van der Waals surface area contributed by atoms with E-state index in [0.29, 0.717) is 5.56 Å². The summed E-state index contributed by atoms with van der Waals surface area (Å²) in [6.45, 7) is 4.18. The van der Waals surface area contributed by atoms with Gasteiger partial charge in [-0.05, 0) is 77.8 Å². The quantitative estimate of drug-likeness (QED) is 0.0200. The van der Waals surface area contributed by atoms with Crippen LogP contribution in [0.1, 0.15) is 70.4 Å². The topological polar surface area (TPSA) is 149 Å². The van der Waals surface area contributed by atoms with Crippen LogP contribution in [-0.2, 0) is 60.6 Å². The molecule has 0 amide bonds. The summed E-state index contributed by atoms with van der Waals surface area (Å²) in [5.41, 5.74) is -4.71. The average Bonchev–Trinajstić information content (AvgIpc) is 3.25. The van der Waals surface area contributed by atoms with Crippen molar-refractivity contribution in [1.29, 1.82) is 0 Å². The highest BCUT2D eigenvalue weighted by Gasteiger charge is 2.42. The van der Waals surface area contributed by atoms with Gasteiger partial charge in [-0.2, -0.15) is 26.3 Å². The highest BCUT2D eigenvalue weighted by molar-refractivity contribution is 6.32. The van der Waals surface area contributed by atoms with Crippen LogP contribution >= 0.6 is 0 Å². The van der Waals surface area contributed by atoms with Gasteiger partial charge in [-0.25, -0.2) is 28.0 Å². The lowest BCUT2D eigenvalue weighted by atomic mass is 9.91. The van der Waals surface area contributed by atoms with Crippen LogP contribution in [0.3, 0.4) is 0 Å². The van der Waals surface area contributed by atoms with E-state index in [2.05, 4.69) is 20.1 Å². The van der Waals surface area contributed by atoms with Gasteiger partial charge < -0.3 is 23.7 Å². The molecule has 358 valence electrons. The van der Waals surface area contributed by atoms with E-state index in [1.807, 2.05) is 12.1 Å². The fraction of sp³-hybridized carbons (Fsp3) is 0.404. The zero-order chi connectivity index (χ0) is 49.4. The summed E-state index contributed by atoms with van der Waals surface area (Å²) in [6.07, 6.45) is -4.55. The van der Waals surface area contributed by atoms with Crippen LogP contribution in [0.2, 0.25) is 0 Å². The van der Waals surface area contributed by atoms with E-state index in [-0.39, 0.29) is 35.3 Å². The van der Waals surface area contributed by atoms with E-state index in [0.717, 1.165) is 70.1 Å². The molecular weight excluding hydrogens is 892 g/mol. The van der Waals surface area contributed by atoms with Crippen LogP contribution in [0, 0.1) is 17.0 Å². The highest BCUT2D eigenvalue weighted by atomic mass is 19.4. The summed E-state index contributed by atoms with van der Waals surface area (Å²) < 4.78 is 136. The zero-order valence-corrected chi connectivity index (χ0v) is 36.3. The minimum Gasteiger partial charge on any atom is -0.492 e. The normalized spacial score (nSPS) is 11.6. The van der Waals surface area contributed by atoms with Crippen molar-refractivity contribution in [3.8, 4) is 28.0 Å². The Bertz CT molecular complexity index is 2210. The zero-order valence-electron chi connectivity index (χ0n) is 36.3. The molecule has 0 aliphatic heterocycles. The Morgan fingerprint density at radius 1 is 0.545 bits per heavy atom. The number of hydrogen-bond donors (Lipinski definition) is 0. The number of carbonyl (C=O) groups excluding carboxylic acids is 6. The summed E-state index contributed by atoms with van der Waals surface area (Å²) in [6, 6.07) is 13.1. The number of alkyl halides is 6. The third kappa shape index (κ3) is 16.2. The van der Waals surface area contributed by atoms with E-state index < -0.39 is 115 Å². The largest absolute Gasteiger partial charge is 0.492 e. The number of ketones is 2. The molecule has 0 atom stereocenters. The Morgan fingerprint density at radius 3 is 1.53 bits per heavy atom. The van der Waals surface area contributed by atoms with E-state index in [4.69, 9.17) is 23.7 Å². The molecule has 0 N–H and O–H groups in total. The maximum atomic E-state index is 16.0. The number of carbonyl (C=O) groups is 6. The standard InChI is InChI=1S/C47H48F8O11/c1-6-7-8-9-10-12-32-14-16-33(17-15-32)36-22-37(48)40(38(49)23-36)35-18-19-39(34(21-35)13-11-20-62-41(58)28(2)46(50,51)52)63-24-45(26-65-43(60)30(4)56,27-66-44(61)31(5)57)25-64-42(59)29(3)47(53,54)55/h14-19,21-23H,2-3,6-13,20,24-27H2,1,4-5H3. The molecule has 0 heterocycles. The Hall–Kier alpha value is -6.40. The molecule has 0 aliphatic carbocycles. The van der Waals surface area contributed by atoms with Gasteiger partial charge in [-0.3, -0.25) is 9.59 Å². The van der Waals surface area contributed by atoms with Crippen LogP contribution in [0.5, 0.6) is 5.75 Å². The molecular formula is C47H48F8O11. The second-order valence-corrected chi connectivity index (χ2v) is 15.3. The van der Waals surface area contributed by atoms with Crippen molar-refractivity contribution in [2.75, 3.05) is 33.0 Å². The molecule has 11 nitrogen and oxygen atoms in total. The van der Waals surface area contributed by atoms with Crippen molar-refractivity contribution in [2.45, 2.75) is 84.5 Å². The van der Waals surface area contributed by atoms with Crippen LogP contribution in [0.4, 0.5) is 35.1 Å². The van der Waals surface area contributed by atoms with Crippen molar-refractivity contribution < 1.29 is 87.6 Å². The molecule has 3 rings (SSSR count). The number of esters is 4. The number of unbranched alkanes of at least 4 members (excludes halogenated alkanes) is 4. The Kier molecular flexibility index (Phi) is 19.8. The molecule has 0 unspecified atom stereocenters. The molecule has 0 aromatic heterocycles.